The van der Waals surface area contributed by atoms with Gasteiger partial charge in [-0.25, -0.2) is 0 Å². The molecule has 1 fully saturated rings. The van der Waals surface area contributed by atoms with Gasteiger partial charge in [-0.3, -0.25) is 4.90 Å². The monoisotopic (exact) mass is 288 g/mol. The second-order valence-corrected chi connectivity index (χ2v) is 6.52. The van der Waals surface area contributed by atoms with E-state index < -0.39 is 0 Å². The first-order chi connectivity index (χ1) is 10.3. The van der Waals surface area contributed by atoms with Gasteiger partial charge in [0.15, 0.2) is 0 Å². The molecule has 21 heavy (non-hydrogen) atoms. The minimum atomic E-state index is 0.397. The summed E-state index contributed by atoms with van der Waals surface area (Å²) >= 11 is 0. The van der Waals surface area contributed by atoms with Gasteiger partial charge in [-0.1, -0.05) is 32.0 Å². The molecule has 0 bridgehead atoms. The van der Waals surface area contributed by atoms with Crippen molar-refractivity contribution in [3.05, 3.63) is 29.8 Å². The molecule has 2 aliphatic rings. The Hall–Kier alpha value is -1.06. The maximum atomic E-state index is 6.05. The average molecular weight is 288 g/mol. The molecular weight excluding hydrogens is 260 g/mol. The maximum Gasteiger partial charge on any atom is 0.124 e. The van der Waals surface area contributed by atoms with Crippen molar-refractivity contribution in [3.8, 4) is 5.75 Å². The van der Waals surface area contributed by atoms with Gasteiger partial charge < -0.3 is 10.1 Å². The highest BCUT2D eigenvalue weighted by Gasteiger charge is 2.34. The summed E-state index contributed by atoms with van der Waals surface area (Å²) < 4.78 is 6.05. The van der Waals surface area contributed by atoms with Crippen LogP contribution < -0.4 is 10.1 Å². The number of likely N-dealkylation sites (N-methyl/N-ethyl adjacent to an activating group) is 1. The van der Waals surface area contributed by atoms with Crippen molar-refractivity contribution < 1.29 is 4.74 Å². The van der Waals surface area contributed by atoms with Crippen molar-refractivity contribution in [2.75, 3.05) is 26.2 Å². The Bertz CT molecular complexity index is 462. The summed E-state index contributed by atoms with van der Waals surface area (Å²) in [4.78, 5) is 2.66. The molecule has 3 atom stereocenters. The van der Waals surface area contributed by atoms with E-state index in [0.717, 1.165) is 24.8 Å². The van der Waals surface area contributed by atoms with Crippen molar-refractivity contribution in [1.82, 2.24) is 10.2 Å². The number of fused-ring (bicyclic) bond motifs is 1. The van der Waals surface area contributed by atoms with Crippen LogP contribution in [0.5, 0.6) is 5.75 Å². The Morgan fingerprint density at radius 3 is 2.95 bits per heavy atom. The summed E-state index contributed by atoms with van der Waals surface area (Å²) in [5, 5.41) is 3.70. The van der Waals surface area contributed by atoms with Crippen LogP contribution in [0.1, 0.15) is 44.7 Å². The SMILES string of the molecule is CCNC1c2ccccc2OCC1N1CCCC(C)CC1. The number of nitrogens with one attached hydrogen (secondary N) is 1. The van der Waals surface area contributed by atoms with E-state index in [4.69, 9.17) is 4.74 Å². The lowest BCUT2D eigenvalue weighted by molar-refractivity contribution is 0.0881. The van der Waals surface area contributed by atoms with E-state index in [9.17, 15) is 0 Å². The normalized spacial score (nSPS) is 30.3. The van der Waals surface area contributed by atoms with E-state index >= 15 is 0 Å². The van der Waals surface area contributed by atoms with E-state index in [1.807, 2.05) is 0 Å². The van der Waals surface area contributed by atoms with Gasteiger partial charge in [0.05, 0.1) is 12.1 Å². The van der Waals surface area contributed by atoms with Crippen molar-refractivity contribution in [2.24, 2.45) is 5.92 Å². The van der Waals surface area contributed by atoms with Gasteiger partial charge >= 0.3 is 0 Å². The number of benzene rings is 1. The fourth-order valence-electron chi connectivity index (χ4n) is 3.75. The molecule has 0 aromatic heterocycles. The summed E-state index contributed by atoms with van der Waals surface area (Å²) in [7, 11) is 0. The van der Waals surface area contributed by atoms with Crippen molar-refractivity contribution in [2.45, 2.75) is 45.2 Å². The quantitative estimate of drug-likeness (QED) is 0.924. The highest BCUT2D eigenvalue weighted by Crippen LogP contribution is 2.35. The zero-order valence-corrected chi connectivity index (χ0v) is 13.3. The molecule has 1 saturated heterocycles. The Balaban J connectivity index is 1.81. The van der Waals surface area contributed by atoms with Gasteiger partial charge in [0.2, 0.25) is 0 Å². The first kappa shape index (κ1) is 14.9. The third-order valence-corrected chi connectivity index (χ3v) is 4.99. The Morgan fingerprint density at radius 1 is 1.24 bits per heavy atom. The summed E-state index contributed by atoms with van der Waals surface area (Å²) in [6, 6.07) is 9.36. The Morgan fingerprint density at radius 2 is 2.10 bits per heavy atom. The first-order valence-corrected chi connectivity index (χ1v) is 8.48. The van der Waals surface area contributed by atoms with Crippen LogP contribution in [0.2, 0.25) is 0 Å². The molecule has 3 heteroatoms. The van der Waals surface area contributed by atoms with Gasteiger partial charge in [-0.15, -0.1) is 0 Å². The summed E-state index contributed by atoms with van der Waals surface area (Å²) in [6.45, 7) is 8.81. The molecule has 0 amide bonds. The molecule has 2 aliphatic heterocycles. The predicted octanol–water partition coefficient (Wildman–Crippen LogP) is 3.22. The number of hydrogen-bond donors (Lipinski definition) is 1. The zero-order chi connectivity index (χ0) is 14.7. The molecule has 0 aliphatic carbocycles. The number of hydrogen-bond acceptors (Lipinski definition) is 3. The summed E-state index contributed by atoms with van der Waals surface area (Å²) in [6.07, 6.45) is 4.00. The maximum absolute atomic E-state index is 6.05. The molecule has 116 valence electrons. The standard InChI is InChI=1S/C18H28N2O/c1-3-19-18-15-8-4-5-9-17(15)21-13-16(18)20-11-6-7-14(2)10-12-20/h4-5,8-9,14,16,18-19H,3,6-7,10-13H2,1-2H3. The molecular formula is C18H28N2O. The van der Waals surface area contributed by atoms with Gasteiger partial charge in [-0.2, -0.15) is 0 Å². The topological polar surface area (TPSA) is 24.5 Å². The molecule has 3 nitrogen and oxygen atoms in total. The van der Waals surface area contributed by atoms with E-state index in [-0.39, 0.29) is 0 Å². The van der Waals surface area contributed by atoms with E-state index in [2.05, 4.69) is 48.3 Å². The number of nitrogens with zero attached hydrogens (tertiary/aromatic N) is 1. The van der Waals surface area contributed by atoms with Crippen molar-refractivity contribution in [3.63, 3.8) is 0 Å². The molecule has 3 rings (SSSR count). The third kappa shape index (κ3) is 3.24. The fourth-order valence-corrected chi connectivity index (χ4v) is 3.75. The third-order valence-electron chi connectivity index (χ3n) is 4.99. The summed E-state index contributed by atoms with van der Waals surface area (Å²) in [5.41, 5.74) is 1.33. The minimum absolute atomic E-state index is 0.397. The predicted molar refractivity (Wildman–Crippen MR) is 86.7 cm³/mol. The largest absolute Gasteiger partial charge is 0.492 e. The van der Waals surface area contributed by atoms with Gasteiger partial charge in [0.1, 0.15) is 12.4 Å². The molecule has 0 saturated carbocycles. The van der Waals surface area contributed by atoms with Gasteiger partial charge in [0.25, 0.3) is 0 Å². The van der Waals surface area contributed by atoms with Gasteiger partial charge in [0, 0.05) is 5.56 Å². The van der Waals surface area contributed by atoms with E-state index in [1.165, 1.54) is 37.9 Å². The Kier molecular flexibility index (Phi) is 4.81. The van der Waals surface area contributed by atoms with Crippen LogP contribution in [0.25, 0.3) is 0 Å². The first-order valence-electron chi connectivity index (χ1n) is 8.48. The molecule has 1 aromatic rings. The lowest BCUT2D eigenvalue weighted by Crippen LogP contribution is -2.50. The van der Waals surface area contributed by atoms with Crippen molar-refractivity contribution >= 4 is 0 Å². The van der Waals surface area contributed by atoms with Crippen LogP contribution in [0.15, 0.2) is 24.3 Å². The van der Waals surface area contributed by atoms with Crippen LogP contribution in [0.3, 0.4) is 0 Å². The van der Waals surface area contributed by atoms with Crippen LogP contribution >= 0.6 is 0 Å². The lowest BCUT2D eigenvalue weighted by atomic mass is 9.94. The highest BCUT2D eigenvalue weighted by atomic mass is 16.5. The smallest absolute Gasteiger partial charge is 0.124 e. The molecule has 1 aromatic carbocycles. The number of para-hydroxylation sites is 1. The number of likely N-dealkylation sites (tertiary alicyclic amines) is 1. The Labute approximate surface area is 128 Å². The number of rotatable bonds is 3. The molecule has 1 N–H and O–H groups in total. The average Bonchev–Trinajstić information content (AvgIpc) is 2.73. The minimum Gasteiger partial charge on any atom is -0.492 e. The second-order valence-electron chi connectivity index (χ2n) is 6.52. The molecule has 2 heterocycles. The van der Waals surface area contributed by atoms with Crippen molar-refractivity contribution in [1.29, 1.82) is 0 Å². The number of ether oxygens (including phenoxy) is 1. The zero-order valence-electron chi connectivity index (χ0n) is 13.3. The van der Waals surface area contributed by atoms with Crippen LogP contribution in [-0.4, -0.2) is 37.2 Å². The molecule has 0 spiro atoms. The van der Waals surface area contributed by atoms with Crippen LogP contribution in [-0.2, 0) is 0 Å². The second kappa shape index (κ2) is 6.80. The van der Waals surface area contributed by atoms with E-state index in [0.29, 0.717) is 12.1 Å². The van der Waals surface area contributed by atoms with Crippen LogP contribution in [0.4, 0.5) is 0 Å². The molecule has 0 radical (unpaired) electrons. The highest BCUT2D eigenvalue weighted by molar-refractivity contribution is 5.38. The van der Waals surface area contributed by atoms with Gasteiger partial charge in [-0.05, 0) is 50.9 Å². The fraction of sp³-hybridized carbons (Fsp3) is 0.667. The lowest BCUT2D eigenvalue weighted by Gasteiger charge is -2.40. The van der Waals surface area contributed by atoms with Crippen LogP contribution in [0, 0.1) is 5.92 Å². The summed E-state index contributed by atoms with van der Waals surface area (Å²) in [5.74, 6) is 1.92. The molecule has 3 unspecified atom stereocenters. The van der Waals surface area contributed by atoms with E-state index in [1.54, 1.807) is 0 Å².